The fraction of sp³-hybridized carbons (Fsp3) is 0. The molecule has 122 valence electrons. The summed E-state index contributed by atoms with van der Waals surface area (Å²) in [5, 5.41) is 12.3. The van der Waals surface area contributed by atoms with Crippen molar-refractivity contribution in [2.24, 2.45) is 5.10 Å². The second kappa shape index (κ2) is 8.76. The molecule has 24 heavy (non-hydrogen) atoms. The van der Waals surface area contributed by atoms with Gasteiger partial charge < -0.3 is 0 Å². The van der Waals surface area contributed by atoms with E-state index in [-0.39, 0.29) is 5.91 Å². The zero-order valence-corrected chi connectivity index (χ0v) is 14.0. The van der Waals surface area contributed by atoms with Crippen LogP contribution in [0.15, 0.2) is 64.2 Å². The van der Waals surface area contributed by atoms with Gasteiger partial charge in [-0.2, -0.15) is 5.10 Å². The third-order valence-electron chi connectivity index (χ3n) is 2.96. The lowest BCUT2D eigenvalue weighted by atomic mass is 10.1. The van der Waals surface area contributed by atoms with Gasteiger partial charge in [-0.3, -0.25) is 14.8 Å². The number of carbonyl (C=O) groups is 2. The van der Waals surface area contributed by atoms with E-state index in [9.17, 15) is 9.59 Å². The van der Waals surface area contributed by atoms with Crippen LogP contribution >= 0.6 is 15.9 Å². The zero-order chi connectivity index (χ0) is 17.4. The molecule has 2 aromatic carbocycles. The maximum absolute atomic E-state index is 12.0. The molecule has 0 aromatic heterocycles. The monoisotopic (exact) mass is 387 g/mol. The summed E-state index contributed by atoms with van der Waals surface area (Å²) < 4.78 is 0.967. The Morgan fingerprint density at radius 3 is 2.25 bits per heavy atom. The molecule has 0 spiro atoms. The SMILES string of the molecule is O=C(/C=C/c1ccc(C(=O)N/N=C/c2ccc(Br)cc2)cc1)NO. The van der Waals surface area contributed by atoms with Crippen LogP contribution < -0.4 is 10.9 Å². The smallest absolute Gasteiger partial charge is 0.271 e. The van der Waals surface area contributed by atoms with Crippen LogP contribution in [0.1, 0.15) is 21.5 Å². The van der Waals surface area contributed by atoms with Gasteiger partial charge in [0, 0.05) is 16.1 Å². The largest absolute Gasteiger partial charge is 0.288 e. The van der Waals surface area contributed by atoms with Gasteiger partial charge in [-0.1, -0.05) is 40.2 Å². The van der Waals surface area contributed by atoms with E-state index in [4.69, 9.17) is 5.21 Å². The Balaban J connectivity index is 1.93. The number of benzene rings is 2. The summed E-state index contributed by atoms with van der Waals surface area (Å²) >= 11 is 3.34. The van der Waals surface area contributed by atoms with Gasteiger partial charge in [0.05, 0.1) is 6.21 Å². The summed E-state index contributed by atoms with van der Waals surface area (Å²) in [5.74, 6) is -0.967. The van der Waals surface area contributed by atoms with Gasteiger partial charge in [0.1, 0.15) is 0 Å². The highest BCUT2D eigenvalue weighted by Gasteiger charge is 2.03. The number of hydrogen-bond acceptors (Lipinski definition) is 4. The molecule has 2 rings (SSSR count). The number of carbonyl (C=O) groups excluding carboxylic acids is 2. The normalized spacial score (nSPS) is 10.9. The Hall–Kier alpha value is -2.77. The molecule has 0 unspecified atom stereocenters. The van der Waals surface area contributed by atoms with Crippen LogP contribution in [0.3, 0.4) is 0 Å². The number of halogens is 1. The van der Waals surface area contributed by atoms with E-state index in [0.29, 0.717) is 11.1 Å². The van der Waals surface area contributed by atoms with Gasteiger partial charge in [0.2, 0.25) is 0 Å². The summed E-state index contributed by atoms with van der Waals surface area (Å²) in [4.78, 5) is 22.8. The molecule has 0 fully saturated rings. The molecular weight excluding hydrogens is 374 g/mol. The van der Waals surface area contributed by atoms with Crippen molar-refractivity contribution in [1.82, 2.24) is 10.9 Å². The number of hydroxylamine groups is 1. The van der Waals surface area contributed by atoms with Crippen LogP contribution in [-0.4, -0.2) is 23.2 Å². The first kappa shape index (κ1) is 17.6. The Morgan fingerprint density at radius 1 is 1.00 bits per heavy atom. The van der Waals surface area contributed by atoms with Crippen molar-refractivity contribution < 1.29 is 14.8 Å². The van der Waals surface area contributed by atoms with Gasteiger partial charge in [0.25, 0.3) is 11.8 Å². The van der Waals surface area contributed by atoms with Crippen LogP contribution in [0.2, 0.25) is 0 Å². The van der Waals surface area contributed by atoms with Crippen LogP contribution in [0.5, 0.6) is 0 Å². The van der Waals surface area contributed by atoms with E-state index in [1.807, 2.05) is 24.3 Å². The Labute approximate surface area is 147 Å². The minimum atomic E-state index is -0.626. The first-order valence-electron chi connectivity index (χ1n) is 6.89. The highest BCUT2D eigenvalue weighted by atomic mass is 79.9. The number of amides is 2. The average molecular weight is 388 g/mol. The third kappa shape index (κ3) is 5.45. The second-order valence-electron chi connectivity index (χ2n) is 4.68. The molecule has 2 amide bonds. The lowest BCUT2D eigenvalue weighted by molar-refractivity contribution is -0.124. The van der Waals surface area contributed by atoms with Crippen molar-refractivity contribution in [1.29, 1.82) is 0 Å². The first-order chi connectivity index (χ1) is 11.6. The third-order valence-corrected chi connectivity index (χ3v) is 3.49. The predicted octanol–water partition coefficient (Wildman–Crippen LogP) is 2.73. The number of rotatable bonds is 5. The van der Waals surface area contributed by atoms with Crippen molar-refractivity contribution in [2.45, 2.75) is 0 Å². The van der Waals surface area contributed by atoms with Crippen molar-refractivity contribution >= 4 is 40.0 Å². The number of hydrogen-bond donors (Lipinski definition) is 3. The Kier molecular flexibility index (Phi) is 6.41. The summed E-state index contributed by atoms with van der Waals surface area (Å²) in [6.45, 7) is 0. The molecule has 0 radical (unpaired) electrons. The van der Waals surface area contributed by atoms with Gasteiger partial charge in [-0.05, 0) is 41.5 Å². The van der Waals surface area contributed by atoms with E-state index < -0.39 is 5.91 Å². The molecular formula is C17H14BrN3O3. The van der Waals surface area contributed by atoms with Gasteiger partial charge in [-0.15, -0.1) is 0 Å². The minimum Gasteiger partial charge on any atom is -0.288 e. The second-order valence-corrected chi connectivity index (χ2v) is 5.60. The quantitative estimate of drug-likeness (QED) is 0.318. The van der Waals surface area contributed by atoms with E-state index >= 15 is 0 Å². The van der Waals surface area contributed by atoms with Gasteiger partial charge in [-0.25, -0.2) is 10.9 Å². The van der Waals surface area contributed by atoms with Gasteiger partial charge >= 0.3 is 0 Å². The molecule has 0 heterocycles. The minimum absolute atomic E-state index is 0.341. The predicted molar refractivity (Wildman–Crippen MR) is 94.6 cm³/mol. The van der Waals surface area contributed by atoms with E-state index in [0.717, 1.165) is 10.0 Å². The summed E-state index contributed by atoms with van der Waals surface area (Å²) in [7, 11) is 0. The molecule has 0 saturated carbocycles. The van der Waals surface area contributed by atoms with Crippen molar-refractivity contribution in [3.63, 3.8) is 0 Å². The molecule has 0 bridgehead atoms. The zero-order valence-electron chi connectivity index (χ0n) is 12.4. The van der Waals surface area contributed by atoms with Crippen LogP contribution in [0.4, 0.5) is 0 Å². The summed E-state index contributed by atoms with van der Waals surface area (Å²) in [6.07, 6.45) is 4.24. The molecule has 0 saturated heterocycles. The molecule has 2 aromatic rings. The maximum atomic E-state index is 12.0. The fourth-order valence-electron chi connectivity index (χ4n) is 1.73. The topological polar surface area (TPSA) is 90.8 Å². The number of hydrazone groups is 1. The van der Waals surface area contributed by atoms with Crippen molar-refractivity contribution in [3.8, 4) is 0 Å². The first-order valence-corrected chi connectivity index (χ1v) is 7.69. The van der Waals surface area contributed by atoms with Gasteiger partial charge in [0.15, 0.2) is 0 Å². The highest BCUT2D eigenvalue weighted by Crippen LogP contribution is 2.09. The molecule has 0 aliphatic rings. The van der Waals surface area contributed by atoms with E-state index in [1.165, 1.54) is 17.6 Å². The van der Waals surface area contributed by atoms with Crippen molar-refractivity contribution in [2.75, 3.05) is 0 Å². The molecule has 0 aliphatic heterocycles. The fourth-order valence-corrected chi connectivity index (χ4v) is 2.00. The molecule has 3 N–H and O–H groups in total. The van der Waals surface area contributed by atoms with E-state index in [1.54, 1.807) is 30.5 Å². The Bertz CT molecular complexity index is 769. The summed E-state index contributed by atoms with van der Waals surface area (Å²) in [5.41, 5.74) is 5.96. The van der Waals surface area contributed by atoms with Crippen LogP contribution in [0, 0.1) is 0 Å². The number of nitrogens with zero attached hydrogens (tertiary/aromatic N) is 1. The lowest BCUT2D eigenvalue weighted by Crippen LogP contribution is -2.17. The highest BCUT2D eigenvalue weighted by molar-refractivity contribution is 9.10. The van der Waals surface area contributed by atoms with E-state index in [2.05, 4.69) is 26.5 Å². The molecule has 7 heteroatoms. The molecule has 0 atom stereocenters. The number of nitrogens with one attached hydrogen (secondary N) is 2. The Morgan fingerprint density at radius 2 is 1.62 bits per heavy atom. The molecule has 0 aliphatic carbocycles. The standard InChI is InChI=1S/C17H14BrN3O3/c18-15-8-3-13(4-9-15)11-19-20-17(23)14-6-1-12(2-7-14)5-10-16(22)21-24/h1-11,24H,(H,20,23)(H,21,22)/b10-5+,19-11+. The molecule has 6 nitrogen and oxygen atoms in total. The average Bonchev–Trinajstić information content (AvgIpc) is 2.61. The summed E-state index contributed by atoms with van der Waals surface area (Å²) in [6, 6.07) is 14.1. The maximum Gasteiger partial charge on any atom is 0.271 e. The van der Waals surface area contributed by atoms with Crippen molar-refractivity contribution in [3.05, 3.63) is 75.8 Å². The van der Waals surface area contributed by atoms with Crippen LogP contribution in [-0.2, 0) is 4.79 Å². The van der Waals surface area contributed by atoms with Crippen LogP contribution in [0.25, 0.3) is 6.08 Å². The lowest BCUT2D eigenvalue weighted by Gasteiger charge is -2.01.